The number of aromatic hydroxyl groups is 1. The van der Waals surface area contributed by atoms with Crippen LogP contribution >= 0.6 is 8.46 Å². The van der Waals surface area contributed by atoms with Gasteiger partial charge in [0.05, 0.1) is 6.16 Å². The first-order chi connectivity index (χ1) is 4.83. The van der Waals surface area contributed by atoms with E-state index in [0.717, 1.165) is 5.56 Å². The molecule has 0 bridgehead atoms. The fourth-order valence-electron chi connectivity index (χ4n) is 0.676. The van der Waals surface area contributed by atoms with Crippen LogP contribution < -0.4 is 0 Å². The van der Waals surface area contributed by atoms with Crippen LogP contribution in [0.3, 0.4) is 0 Å². The minimum absolute atomic E-state index is 0.115. The van der Waals surface area contributed by atoms with Gasteiger partial charge in [-0.1, -0.05) is 12.1 Å². The largest absolute Gasteiger partial charge is 0.508 e. The average Bonchev–Trinajstić information content (AvgIpc) is 1.95. The Kier molecular flexibility index (Phi) is 2.41. The molecule has 52 valence electrons. The van der Waals surface area contributed by atoms with Crippen LogP contribution in [0, 0.1) is 0 Å². The lowest BCUT2D eigenvalue weighted by molar-refractivity contribution is 0.475. The van der Waals surface area contributed by atoms with Gasteiger partial charge >= 0.3 is 0 Å². The molecule has 0 amide bonds. The Morgan fingerprint density at radius 1 is 1.30 bits per heavy atom. The summed E-state index contributed by atoms with van der Waals surface area (Å²) in [6.07, 6.45) is 0.514. The van der Waals surface area contributed by atoms with Crippen LogP contribution in [0.4, 0.5) is 0 Å². The van der Waals surface area contributed by atoms with Crippen LogP contribution in [-0.2, 0) is 10.7 Å². The molecule has 1 aromatic carbocycles. The number of phenolic OH excluding ortho intramolecular Hbond substituents is 1. The van der Waals surface area contributed by atoms with Gasteiger partial charge in [0.1, 0.15) is 5.75 Å². The monoisotopic (exact) mass is 154 g/mol. The van der Waals surface area contributed by atoms with E-state index < -0.39 is 0 Å². The minimum Gasteiger partial charge on any atom is -0.508 e. The summed E-state index contributed by atoms with van der Waals surface area (Å²) in [5.41, 5.74) is 0.967. The third-order valence-corrected chi connectivity index (χ3v) is 1.68. The van der Waals surface area contributed by atoms with Gasteiger partial charge in [-0.15, -0.1) is 0 Å². The molecule has 1 aromatic rings. The maximum absolute atomic E-state index is 10.1. The Hall–Kier alpha value is -0.880. The molecule has 0 heterocycles. The summed E-state index contributed by atoms with van der Waals surface area (Å²) >= 11 is 0. The van der Waals surface area contributed by atoms with E-state index in [4.69, 9.17) is 5.11 Å². The number of hydrogen-bond donors (Lipinski definition) is 1. The molecule has 0 aliphatic rings. The fourth-order valence-corrected chi connectivity index (χ4v) is 1.04. The molecule has 2 nitrogen and oxygen atoms in total. The number of phenols is 1. The van der Waals surface area contributed by atoms with E-state index in [1.54, 1.807) is 24.3 Å². The van der Waals surface area contributed by atoms with Crippen molar-refractivity contribution in [2.45, 2.75) is 6.16 Å². The van der Waals surface area contributed by atoms with Crippen molar-refractivity contribution in [2.75, 3.05) is 0 Å². The third kappa shape index (κ3) is 1.82. The lowest BCUT2D eigenvalue weighted by atomic mass is 10.2. The predicted octanol–water partition coefficient (Wildman–Crippen LogP) is 2.18. The van der Waals surface area contributed by atoms with Crippen molar-refractivity contribution < 1.29 is 9.67 Å². The number of hydrogen-bond acceptors (Lipinski definition) is 2. The summed E-state index contributed by atoms with van der Waals surface area (Å²) in [6, 6.07) is 6.67. The molecule has 0 aliphatic carbocycles. The Labute approximate surface area is 60.7 Å². The zero-order chi connectivity index (χ0) is 7.40. The molecule has 0 aliphatic heterocycles. The summed E-state index contributed by atoms with van der Waals surface area (Å²) in [4.78, 5) is 0. The summed E-state index contributed by atoms with van der Waals surface area (Å²) in [7, 11) is 0.115. The smallest absolute Gasteiger partial charge is 0.160 e. The van der Waals surface area contributed by atoms with Crippen LogP contribution in [0.15, 0.2) is 24.3 Å². The van der Waals surface area contributed by atoms with E-state index in [1.165, 1.54) is 0 Å². The zero-order valence-electron chi connectivity index (χ0n) is 5.32. The van der Waals surface area contributed by atoms with E-state index in [0.29, 0.717) is 6.16 Å². The molecule has 0 aromatic heterocycles. The lowest BCUT2D eigenvalue weighted by Crippen LogP contribution is -1.73. The molecule has 0 fully saturated rings. The Balaban J connectivity index is 2.78. The van der Waals surface area contributed by atoms with Crippen molar-refractivity contribution in [2.24, 2.45) is 0 Å². The highest BCUT2D eigenvalue weighted by Gasteiger charge is 1.90. The highest BCUT2D eigenvalue weighted by molar-refractivity contribution is 7.22. The normalized spacial score (nSPS) is 10.0. The third-order valence-electron chi connectivity index (χ3n) is 1.18. The molecule has 3 heteroatoms. The molecule has 0 saturated carbocycles. The first-order valence-corrected chi connectivity index (χ1v) is 3.89. The topological polar surface area (TPSA) is 37.3 Å². The van der Waals surface area contributed by atoms with Crippen molar-refractivity contribution in [1.29, 1.82) is 0 Å². The zero-order valence-corrected chi connectivity index (χ0v) is 6.21. The summed E-state index contributed by atoms with van der Waals surface area (Å²) in [5, 5.41) is 8.84. The second-order valence-electron chi connectivity index (χ2n) is 1.95. The number of rotatable bonds is 2. The second kappa shape index (κ2) is 3.33. The lowest BCUT2D eigenvalue weighted by Gasteiger charge is -1.92. The van der Waals surface area contributed by atoms with Gasteiger partial charge in [-0.05, 0) is 17.7 Å². The molecular weight excluding hydrogens is 147 g/mol. The molecular formula is C7H7O2P. The first-order valence-electron chi connectivity index (χ1n) is 2.90. The molecule has 0 unspecified atom stereocenters. The first kappa shape index (κ1) is 7.23. The minimum atomic E-state index is 0.115. The highest BCUT2D eigenvalue weighted by Crippen LogP contribution is 2.13. The predicted molar refractivity (Wildman–Crippen MR) is 39.4 cm³/mol. The van der Waals surface area contributed by atoms with Crippen molar-refractivity contribution in [3.05, 3.63) is 29.8 Å². The van der Waals surface area contributed by atoms with E-state index in [-0.39, 0.29) is 14.2 Å². The van der Waals surface area contributed by atoms with E-state index in [2.05, 4.69) is 0 Å². The van der Waals surface area contributed by atoms with Gasteiger partial charge < -0.3 is 5.11 Å². The molecule has 0 radical (unpaired) electrons. The molecule has 1 rings (SSSR count). The second-order valence-corrected chi connectivity index (χ2v) is 2.53. The van der Waals surface area contributed by atoms with Crippen molar-refractivity contribution in [3.8, 4) is 5.75 Å². The summed E-state index contributed by atoms with van der Waals surface area (Å²) in [6.45, 7) is 0. The van der Waals surface area contributed by atoms with E-state index in [9.17, 15) is 4.57 Å². The van der Waals surface area contributed by atoms with E-state index >= 15 is 0 Å². The Morgan fingerprint density at radius 2 is 1.90 bits per heavy atom. The van der Waals surface area contributed by atoms with E-state index in [1.807, 2.05) is 0 Å². The van der Waals surface area contributed by atoms with Crippen LogP contribution in [0.2, 0.25) is 0 Å². The van der Waals surface area contributed by atoms with Gasteiger partial charge in [0.2, 0.25) is 0 Å². The Bertz CT molecular complexity index is 218. The molecule has 0 spiro atoms. The van der Waals surface area contributed by atoms with Gasteiger partial charge in [0, 0.05) is 0 Å². The maximum atomic E-state index is 10.1. The van der Waals surface area contributed by atoms with Gasteiger partial charge in [-0.25, -0.2) is 0 Å². The van der Waals surface area contributed by atoms with Crippen LogP contribution in [0.1, 0.15) is 5.56 Å². The molecule has 10 heavy (non-hydrogen) atoms. The maximum Gasteiger partial charge on any atom is 0.160 e. The van der Waals surface area contributed by atoms with Crippen molar-refractivity contribution in [1.82, 2.24) is 0 Å². The van der Waals surface area contributed by atoms with Crippen molar-refractivity contribution in [3.63, 3.8) is 0 Å². The van der Waals surface area contributed by atoms with Gasteiger partial charge in [-0.2, -0.15) is 0 Å². The van der Waals surface area contributed by atoms with Gasteiger partial charge in [-0.3, -0.25) is 4.57 Å². The van der Waals surface area contributed by atoms with Crippen LogP contribution in [0.25, 0.3) is 0 Å². The quantitative estimate of drug-likeness (QED) is 0.663. The Morgan fingerprint density at radius 3 is 2.40 bits per heavy atom. The standard InChI is InChI=1S/C7H7O2P/c8-7-3-1-6(2-4-7)5-10-9/h1-4,8H,5H2. The summed E-state index contributed by atoms with van der Waals surface area (Å²) < 4.78 is 10.1. The molecule has 0 saturated heterocycles. The van der Waals surface area contributed by atoms with Gasteiger partial charge in [0.15, 0.2) is 8.46 Å². The summed E-state index contributed by atoms with van der Waals surface area (Å²) in [5.74, 6) is 0.242. The SMILES string of the molecule is O=PCc1ccc(O)cc1. The fraction of sp³-hybridized carbons (Fsp3) is 0.143. The van der Waals surface area contributed by atoms with Gasteiger partial charge in [0.25, 0.3) is 0 Å². The molecule has 0 atom stereocenters. The van der Waals surface area contributed by atoms with Crippen LogP contribution in [0.5, 0.6) is 5.75 Å². The number of benzene rings is 1. The highest BCUT2D eigenvalue weighted by atomic mass is 31.1. The van der Waals surface area contributed by atoms with Crippen LogP contribution in [-0.4, -0.2) is 5.11 Å². The average molecular weight is 154 g/mol. The molecule has 1 N–H and O–H groups in total. The van der Waals surface area contributed by atoms with Crippen molar-refractivity contribution >= 4 is 8.46 Å².